The fourth-order valence-corrected chi connectivity index (χ4v) is 1.32. The van der Waals surface area contributed by atoms with Crippen molar-refractivity contribution in [2.45, 2.75) is 19.9 Å². The summed E-state index contributed by atoms with van der Waals surface area (Å²) in [5.74, 6) is -0.430. The molecular weight excluding hydrogens is 234 g/mol. The van der Waals surface area contributed by atoms with Crippen molar-refractivity contribution in [2.24, 2.45) is 5.73 Å². The monoisotopic (exact) mass is 249 g/mol. The summed E-state index contributed by atoms with van der Waals surface area (Å²) < 4.78 is 0. The lowest BCUT2D eigenvalue weighted by atomic mass is 10.1. The number of carbonyl (C=O) groups excluding carboxylic acids is 3. The first-order valence-electron chi connectivity index (χ1n) is 5.38. The number of amides is 3. The van der Waals surface area contributed by atoms with Crippen LogP contribution >= 0.6 is 0 Å². The van der Waals surface area contributed by atoms with Crippen LogP contribution in [0.4, 0.5) is 10.5 Å². The standard InChI is InChI=1S/C12H15N3O3/c1-7(14-12(13)18)11(17)15-10-5-3-9(4-6-10)8(2)16/h3-7H,1-2H3,(H,15,17)(H3,13,14,18)/t7-/m0/s1. The summed E-state index contributed by atoms with van der Waals surface area (Å²) in [7, 11) is 0. The Bertz CT molecular complexity index is 468. The fourth-order valence-electron chi connectivity index (χ4n) is 1.32. The largest absolute Gasteiger partial charge is 0.352 e. The van der Waals surface area contributed by atoms with Gasteiger partial charge in [0.1, 0.15) is 6.04 Å². The number of nitrogens with two attached hydrogens (primary N) is 1. The van der Waals surface area contributed by atoms with Crippen LogP contribution < -0.4 is 16.4 Å². The third-order valence-electron chi connectivity index (χ3n) is 2.31. The smallest absolute Gasteiger partial charge is 0.312 e. The van der Waals surface area contributed by atoms with Crippen LogP contribution in [0.25, 0.3) is 0 Å². The number of Topliss-reactive ketones (excluding diaryl/α,β-unsaturated/α-hetero) is 1. The van der Waals surface area contributed by atoms with Gasteiger partial charge in [0.2, 0.25) is 5.91 Å². The predicted molar refractivity (Wildman–Crippen MR) is 67.3 cm³/mol. The summed E-state index contributed by atoms with van der Waals surface area (Å²) in [6.45, 7) is 2.98. The van der Waals surface area contributed by atoms with Crippen LogP contribution in [-0.4, -0.2) is 23.8 Å². The van der Waals surface area contributed by atoms with Gasteiger partial charge >= 0.3 is 6.03 Å². The molecule has 0 heterocycles. The van der Waals surface area contributed by atoms with E-state index in [2.05, 4.69) is 10.6 Å². The maximum atomic E-state index is 11.6. The zero-order valence-electron chi connectivity index (χ0n) is 10.2. The van der Waals surface area contributed by atoms with Crippen molar-refractivity contribution in [3.8, 4) is 0 Å². The molecule has 18 heavy (non-hydrogen) atoms. The summed E-state index contributed by atoms with van der Waals surface area (Å²) >= 11 is 0. The number of hydrogen-bond acceptors (Lipinski definition) is 3. The maximum Gasteiger partial charge on any atom is 0.312 e. The molecule has 0 aliphatic heterocycles. The van der Waals surface area contributed by atoms with Gasteiger partial charge in [0, 0.05) is 11.3 Å². The molecule has 0 aliphatic rings. The second kappa shape index (κ2) is 5.81. The van der Waals surface area contributed by atoms with Crippen LogP contribution in [0.15, 0.2) is 24.3 Å². The number of carbonyl (C=O) groups is 3. The van der Waals surface area contributed by atoms with Gasteiger partial charge in [0.05, 0.1) is 0 Å². The van der Waals surface area contributed by atoms with Gasteiger partial charge in [-0.2, -0.15) is 0 Å². The van der Waals surface area contributed by atoms with Crippen molar-refractivity contribution in [3.05, 3.63) is 29.8 Å². The van der Waals surface area contributed by atoms with Gasteiger partial charge in [-0.05, 0) is 38.1 Å². The Hall–Kier alpha value is -2.37. The minimum absolute atomic E-state index is 0.0448. The average molecular weight is 249 g/mol. The van der Waals surface area contributed by atoms with Crippen LogP contribution in [0.5, 0.6) is 0 Å². The van der Waals surface area contributed by atoms with Crippen molar-refractivity contribution < 1.29 is 14.4 Å². The zero-order chi connectivity index (χ0) is 13.7. The second-order valence-corrected chi connectivity index (χ2v) is 3.85. The number of primary amides is 1. The molecule has 0 aromatic heterocycles. The molecule has 0 saturated heterocycles. The lowest BCUT2D eigenvalue weighted by Gasteiger charge is -2.12. The van der Waals surface area contributed by atoms with E-state index >= 15 is 0 Å². The van der Waals surface area contributed by atoms with Crippen LogP contribution in [0.2, 0.25) is 0 Å². The van der Waals surface area contributed by atoms with Gasteiger partial charge in [0.15, 0.2) is 5.78 Å². The average Bonchev–Trinajstić information content (AvgIpc) is 2.28. The molecular formula is C12H15N3O3. The number of urea groups is 1. The van der Waals surface area contributed by atoms with Gasteiger partial charge < -0.3 is 16.4 Å². The summed E-state index contributed by atoms with van der Waals surface area (Å²) in [4.78, 5) is 33.3. The number of anilines is 1. The van der Waals surface area contributed by atoms with E-state index in [-0.39, 0.29) is 11.7 Å². The van der Waals surface area contributed by atoms with Crippen LogP contribution in [0.3, 0.4) is 0 Å². The van der Waals surface area contributed by atoms with Gasteiger partial charge in [-0.25, -0.2) is 4.79 Å². The second-order valence-electron chi connectivity index (χ2n) is 3.85. The number of nitrogens with one attached hydrogen (secondary N) is 2. The topological polar surface area (TPSA) is 101 Å². The molecule has 96 valence electrons. The number of benzene rings is 1. The third kappa shape index (κ3) is 3.89. The van der Waals surface area contributed by atoms with Crippen molar-refractivity contribution in [1.82, 2.24) is 5.32 Å². The molecule has 0 saturated carbocycles. The van der Waals surface area contributed by atoms with Crippen LogP contribution in [0.1, 0.15) is 24.2 Å². The van der Waals surface area contributed by atoms with Crippen molar-refractivity contribution in [3.63, 3.8) is 0 Å². The molecule has 0 bridgehead atoms. The van der Waals surface area contributed by atoms with E-state index in [1.165, 1.54) is 13.8 Å². The quantitative estimate of drug-likeness (QED) is 0.690. The van der Waals surface area contributed by atoms with Crippen molar-refractivity contribution in [2.75, 3.05) is 5.32 Å². The number of rotatable bonds is 4. The first-order chi connectivity index (χ1) is 8.40. The first-order valence-corrected chi connectivity index (χ1v) is 5.38. The van der Waals surface area contributed by atoms with Gasteiger partial charge in [0.25, 0.3) is 0 Å². The first kappa shape index (κ1) is 13.7. The van der Waals surface area contributed by atoms with E-state index in [0.717, 1.165) is 0 Å². The third-order valence-corrected chi connectivity index (χ3v) is 2.31. The highest BCUT2D eigenvalue weighted by Gasteiger charge is 2.13. The molecule has 1 aromatic carbocycles. The molecule has 0 aliphatic carbocycles. The highest BCUT2D eigenvalue weighted by molar-refractivity contribution is 5.98. The van der Waals surface area contributed by atoms with Crippen molar-refractivity contribution in [1.29, 1.82) is 0 Å². The van der Waals surface area contributed by atoms with Crippen LogP contribution in [0, 0.1) is 0 Å². The fraction of sp³-hybridized carbons (Fsp3) is 0.250. The predicted octanol–water partition coefficient (Wildman–Crippen LogP) is 0.885. The molecule has 0 fully saturated rings. The highest BCUT2D eigenvalue weighted by atomic mass is 16.2. The van der Waals surface area contributed by atoms with E-state index < -0.39 is 12.1 Å². The molecule has 1 rings (SSSR count). The molecule has 0 spiro atoms. The van der Waals surface area contributed by atoms with Gasteiger partial charge in [-0.15, -0.1) is 0 Å². The normalized spacial score (nSPS) is 11.4. The summed E-state index contributed by atoms with van der Waals surface area (Å²) in [6, 6.07) is 4.98. The van der Waals surface area contributed by atoms with E-state index in [0.29, 0.717) is 11.3 Å². The molecule has 6 nitrogen and oxygen atoms in total. The minimum Gasteiger partial charge on any atom is -0.352 e. The Morgan fingerprint density at radius 3 is 2.17 bits per heavy atom. The highest BCUT2D eigenvalue weighted by Crippen LogP contribution is 2.10. The summed E-state index contributed by atoms with van der Waals surface area (Å²) in [6.07, 6.45) is 0. The molecule has 4 N–H and O–H groups in total. The molecule has 1 atom stereocenters. The van der Waals surface area contributed by atoms with Gasteiger partial charge in [-0.3, -0.25) is 9.59 Å². The number of hydrogen-bond donors (Lipinski definition) is 3. The summed E-state index contributed by atoms with van der Waals surface area (Å²) in [5.41, 5.74) is 6.02. The van der Waals surface area contributed by atoms with E-state index in [4.69, 9.17) is 5.73 Å². The Labute approximate surface area is 105 Å². The van der Waals surface area contributed by atoms with E-state index in [1.807, 2.05) is 0 Å². The van der Waals surface area contributed by atoms with E-state index in [1.54, 1.807) is 24.3 Å². The molecule has 6 heteroatoms. The molecule has 3 amide bonds. The molecule has 0 unspecified atom stereocenters. The maximum absolute atomic E-state index is 11.6. The van der Waals surface area contributed by atoms with Gasteiger partial charge in [-0.1, -0.05) is 0 Å². The molecule has 0 radical (unpaired) electrons. The Morgan fingerprint density at radius 1 is 1.17 bits per heavy atom. The lowest BCUT2D eigenvalue weighted by Crippen LogP contribution is -2.44. The Kier molecular flexibility index (Phi) is 4.42. The lowest BCUT2D eigenvalue weighted by molar-refractivity contribution is -0.117. The molecule has 1 aromatic rings. The Balaban J connectivity index is 2.64. The number of ketones is 1. The SMILES string of the molecule is CC(=O)c1ccc(NC(=O)[C@H](C)NC(N)=O)cc1. The minimum atomic E-state index is -0.760. The zero-order valence-corrected chi connectivity index (χ0v) is 10.2. The Morgan fingerprint density at radius 2 is 1.72 bits per heavy atom. The van der Waals surface area contributed by atoms with Crippen molar-refractivity contribution >= 4 is 23.4 Å². The summed E-state index contributed by atoms with van der Waals surface area (Å²) in [5, 5.41) is 4.86. The van der Waals surface area contributed by atoms with E-state index in [9.17, 15) is 14.4 Å². The van der Waals surface area contributed by atoms with Crippen LogP contribution in [-0.2, 0) is 4.79 Å².